The lowest BCUT2D eigenvalue weighted by Gasteiger charge is -2.14. The third kappa shape index (κ3) is 1.83. The molecule has 0 spiro atoms. The predicted molar refractivity (Wildman–Crippen MR) is 51.4 cm³/mol. The van der Waals surface area contributed by atoms with Crippen LogP contribution in [0.4, 0.5) is 0 Å². The van der Waals surface area contributed by atoms with Crippen molar-refractivity contribution in [1.82, 2.24) is 15.4 Å². The third-order valence-corrected chi connectivity index (χ3v) is 2.46. The minimum Gasteiger partial charge on any atom is -0.481 e. The summed E-state index contributed by atoms with van der Waals surface area (Å²) in [4.78, 5) is 8.14. The van der Waals surface area contributed by atoms with Crippen LogP contribution in [0.2, 0.25) is 0 Å². The molecule has 5 heteroatoms. The van der Waals surface area contributed by atoms with E-state index in [1.165, 1.54) is 19.2 Å². The van der Waals surface area contributed by atoms with E-state index in [0.717, 1.165) is 5.69 Å². The van der Waals surface area contributed by atoms with Gasteiger partial charge in [-0.2, -0.15) is 0 Å². The summed E-state index contributed by atoms with van der Waals surface area (Å²) in [5.41, 5.74) is 3.69. The van der Waals surface area contributed by atoms with Gasteiger partial charge in [0.05, 0.1) is 18.8 Å². The Bertz CT molecular complexity index is 313. The second kappa shape index (κ2) is 3.89. The molecule has 0 bridgehead atoms. The molecule has 0 radical (unpaired) electrons. The molecule has 0 saturated heterocycles. The highest BCUT2D eigenvalue weighted by atomic mass is 16.5. The van der Waals surface area contributed by atoms with Crippen LogP contribution in [0, 0.1) is 5.92 Å². The van der Waals surface area contributed by atoms with Crippen molar-refractivity contribution in [3.05, 3.63) is 18.1 Å². The zero-order chi connectivity index (χ0) is 9.97. The molecule has 1 aliphatic carbocycles. The van der Waals surface area contributed by atoms with Crippen molar-refractivity contribution in [2.45, 2.75) is 18.9 Å². The number of ether oxygens (including phenoxy) is 1. The van der Waals surface area contributed by atoms with E-state index >= 15 is 0 Å². The fraction of sp³-hybridized carbons (Fsp3) is 0.556. The van der Waals surface area contributed by atoms with Crippen LogP contribution in [0.3, 0.4) is 0 Å². The first-order valence-corrected chi connectivity index (χ1v) is 4.67. The van der Waals surface area contributed by atoms with Crippen molar-refractivity contribution >= 4 is 0 Å². The molecule has 1 aromatic rings. The van der Waals surface area contributed by atoms with E-state index in [1.807, 2.05) is 6.07 Å². The van der Waals surface area contributed by atoms with Crippen molar-refractivity contribution in [1.29, 1.82) is 0 Å². The normalized spacial score (nSPS) is 17.9. The molecule has 1 aliphatic rings. The molecule has 0 amide bonds. The van der Waals surface area contributed by atoms with Gasteiger partial charge in [0.2, 0.25) is 5.88 Å². The van der Waals surface area contributed by atoms with Crippen molar-refractivity contribution < 1.29 is 4.74 Å². The summed E-state index contributed by atoms with van der Waals surface area (Å²) in [7, 11) is 1.59. The van der Waals surface area contributed by atoms with Gasteiger partial charge >= 0.3 is 0 Å². The van der Waals surface area contributed by atoms with Crippen LogP contribution in [-0.2, 0) is 0 Å². The summed E-state index contributed by atoms with van der Waals surface area (Å²) >= 11 is 0. The van der Waals surface area contributed by atoms with Gasteiger partial charge in [-0.3, -0.25) is 11.3 Å². The molecular weight excluding hydrogens is 180 g/mol. The van der Waals surface area contributed by atoms with E-state index in [0.29, 0.717) is 11.8 Å². The van der Waals surface area contributed by atoms with Gasteiger partial charge in [-0.1, -0.05) is 0 Å². The quantitative estimate of drug-likeness (QED) is 0.536. The average molecular weight is 194 g/mol. The number of hydrogen-bond donors (Lipinski definition) is 2. The lowest BCUT2D eigenvalue weighted by Crippen LogP contribution is -2.30. The second-order valence-electron chi connectivity index (χ2n) is 3.47. The van der Waals surface area contributed by atoms with Crippen LogP contribution in [0.25, 0.3) is 0 Å². The van der Waals surface area contributed by atoms with Crippen LogP contribution in [-0.4, -0.2) is 17.1 Å². The summed E-state index contributed by atoms with van der Waals surface area (Å²) in [6.45, 7) is 0. The van der Waals surface area contributed by atoms with Crippen molar-refractivity contribution in [3.63, 3.8) is 0 Å². The molecule has 3 N–H and O–H groups in total. The number of hydrogen-bond acceptors (Lipinski definition) is 5. The van der Waals surface area contributed by atoms with E-state index in [-0.39, 0.29) is 6.04 Å². The van der Waals surface area contributed by atoms with Gasteiger partial charge in [0, 0.05) is 6.07 Å². The van der Waals surface area contributed by atoms with E-state index in [2.05, 4.69) is 15.4 Å². The molecule has 2 rings (SSSR count). The SMILES string of the molecule is COc1cc(C(NN)C2CC2)ncn1. The lowest BCUT2D eigenvalue weighted by molar-refractivity contribution is 0.392. The maximum atomic E-state index is 5.49. The number of methoxy groups -OCH3 is 1. The largest absolute Gasteiger partial charge is 0.481 e. The summed E-state index contributed by atoms with van der Waals surface area (Å²) in [5, 5.41) is 0. The highest BCUT2D eigenvalue weighted by Crippen LogP contribution is 2.40. The fourth-order valence-electron chi connectivity index (χ4n) is 1.53. The molecule has 76 valence electrons. The standard InChI is InChI=1S/C9H14N4O/c1-14-8-4-7(11-5-12-8)9(13-10)6-2-3-6/h4-6,9,13H,2-3,10H2,1H3. The summed E-state index contributed by atoms with van der Waals surface area (Å²) < 4.78 is 5.03. The van der Waals surface area contributed by atoms with E-state index in [9.17, 15) is 0 Å². The molecule has 1 aromatic heterocycles. The minimum atomic E-state index is 0.131. The zero-order valence-corrected chi connectivity index (χ0v) is 8.10. The second-order valence-corrected chi connectivity index (χ2v) is 3.47. The van der Waals surface area contributed by atoms with Crippen LogP contribution in [0.5, 0.6) is 5.88 Å². The number of nitrogens with one attached hydrogen (secondary N) is 1. The zero-order valence-electron chi connectivity index (χ0n) is 8.10. The van der Waals surface area contributed by atoms with Crippen LogP contribution in [0.1, 0.15) is 24.6 Å². The van der Waals surface area contributed by atoms with E-state index < -0.39 is 0 Å². The van der Waals surface area contributed by atoms with Crippen molar-refractivity contribution in [3.8, 4) is 5.88 Å². The van der Waals surface area contributed by atoms with Gasteiger partial charge in [-0.15, -0.1) is 0 Å². The van der Waals surface area contributed by atoms with Gasteiger partial charge in [0.15, 0.2) is 0 Å². The Labute approximate surface area is 82.7 Å². The number of nitrogens with two attached hydrogens (primary N) is 1. The number of rotatable bonds is 4. The fourth-order valence-corrected chi connectivity index (χ4v) is 1.53. The molecule has 1 unspecified atom stereocenters. The molecule has 5 nitrogen and oxygen atoms in total. The van der Waals surface area contributed by atoms with Crippen LogP contribution in [0.15, 0.2) is 12.4 Å². The van der Waals surface area contributed by atoms with Crippen molar-refractivity contribution in [2.75, 3.05) is 7.11 Å². The summed E-state index contributed by atoms with van der Waals surface area (Å²) in [5.74, 6) is 6.68. The predicted octanol–water partition coefficient (Wildman–Crippen LogP) is 0.400. The Hall–Kier alpha value is -1.20. The van der Waals surface area contributed by atoms with E-state index in [1.54, 1.807) is 7.11 Å². The van der Waals surface area contributed by atoms with Gasteiger partial charge in [-0.25, -0.2) is 9.97 Å². The molecule has 1 atom stereocenters. The molecule has 0 aliphatic heterocycles. The highest BCUT2D eigenvalue weighted by molar-refractivity contribution is 5.18. The van der Waals surface area contributed by atoms with E-state index in [4.69, 9.17) is 10.6 Å². The molecule has 0 aromatic carbocycles. The van der Waals surface area contributed by atoms with Gasteiger partial charge < -0.3 is 4.74 Å². The summed E-state index contributed by atoms with van der Waals surface area (Å²) in [6, 6.07) is 1.95. The topological polar surface area (TPSA) is 73.1 Å². The smallest absolute Gasteiger partial charge is 0.216 e. The van der Waals surface area contributed by atoms with Crippen molar-refractivity contribution in [2.24, 2.45) is 11.8 Å². The Morgan fingerprint density at radius 1 is 1.57 bits per heavy atom. The maximum absolute atomic E-state index is 5.49. The Morgan fingerprint density at radius 2 is 2.36 bits per heavy atom. The molecule has 14 heavy (non-hydrogen) atoms. The lowest BCUT2D eigenvalue weighted by atomic mass is 10.1. The molecule has 1 saturated carbocycles. The van der Waals surface area contributed by atoms with Gasteiger partial charge in [0.1, 0.15) is 6.33 Å². The number of nitrogens with zero attached hydrogens (tertiary/aromatic N) is 2. The molecular formula is C9H14N4O. The molecule has 1 fully saturated rings. The van der Waals surface area contributed by atoms with Crippen LogP contribution < -0.4 is 16.0 Å². The first-order valence-electron chi connectivity index (χ1n) is 4.67. The summed E-state index contributed by atoms with van der Waals surface area (Å²) in [6.07, 6.45) is 3.92. The van der Waals surface area contributed by atoms with Gasteiger partial charge in [-0.05, 0) is 18.8 Å². The highest BCUT2D eigenvalue weighted by Gasteiger charge is 2.32. The number of aromatic nitrogens is 2. The molecule has 1 heterocycles. The Balaban J connectivity index is 2.20. The maximum Gasteiger partial charge on any atom is 0.216 e. The Kier molecular flexibility index (Phi) is 2.60. The third-order valence-electron chi connectivity index (χ3n) is 2.46. The monoisotopic (exact) mass is 194 g/mol. The first kappa shape index (κ1) is 9.36. The Morgan fingerprint density at radius 3 is 2.93 bits per heavy atom. The average Bonchev–Trinajstić information content (AvgIpc) is 3.04. The van der Waals surface area contributed by atoms with Gasteiger partial charge in [0.25, 0.3) is 0 Å². The number of hydrazine groups is 1. The first-order chi connectivity index (χ1) is 6.85. The van der Waals surface area contributed by atoms with Crippen LogP contribution >= 0.6 is 0 Å². The minimum absolute atomic E-state index is 0.131.